The molecule has 5 heteroatoms. The minimum absolute atomic E-state index is 0.278. The molecule has 1 aromatic carbocycles. The lowest BCUT2D eigenvalue weighted by Gasteiger charge is -2.00. The molecule has 0 unspecified atom stereocenters. The summed E-state index contributed by atoms with van der Waals surface area (Å²) in [7, 11) is 0. The second-order valence-corrected chi connectivity index (χ2v) is 4.14. The highest BCUT2D eigenvalue weighted by Crippen LogP contribution is 2.32. The topological polar surface area (TPSA) is 59.6 Å². The Bertz CT molecular complexity index is 384. The minimum Gasteiger partial charge on any atom is -0.454 e. The van der Waals surface area contributed by atoms with Crippen LogP contribution in [0.15, 0.2) is 18.2 Å². The zero-order valence-electron chi connectivity index (χ0n) is 10.3. The Labute approximate surface area is 106 Å². The van der Waals surface area contributed by atoms with Crippen LogP contribution in [0.4, 0.5) is 0 Å². The summed E-state index contributed by atoms with van der Waals surface area (Å²) < 4.78 is 10.3. The number of rotatable bonds is 3. The molecule has 5 nitrogen and oxygen atoms in total. The van der Waals surface area contributed by atoms with Crippen LogP contribution >= 0.6 is 0 Å². The Morgan fingerprint density at radius 2 is 2.00 bits per heavy atom. The average Bonchev–Trinajstić information content (AvgIpc) is 3.09. The SMILES string of the molecule is C1CCNC1.O=CNCc1ccc2c(c1)OCO2. The first-order valence-corrected chi connectivity index (χ1v) is 6.16. The molecule has 2 aliphatic rings. The van der Waals surface area contributed by atoms with Crippen LogP contribution < -0.4 is 20.1 Å². The van der Waals surface area contributed by atoms with Crippen molar-refractivity contribution < 1.29 is 14.3 Å². The molecule has 1 amide bonds. The summed E-state index contributed by atoms with van der Waals surface area (Å²) in [4.78, 5) is 10.0. The fourth-order valence-electron chi connectivity index (χ4n) is 1.84. The maximum absolute atomic E-state index is 10.0. The molecule has 0 aliphatic carbocycles. The lowest BCUT2D eigenvalue weighted by Crippen LogP contribution is -2.09. The van der Waals surface area contributed by atoms with Gasteiger partial charge < -0.3 is 20.1 Å². The van der Waals surface area contributed by atoms with Crippen molar-refractivity contribution in [2.75, 3.05) is 19.9 Å². The fraction of sp³-hybridized carbons (Fsp3) is 0.462. The highest BCUT2D eigenvalue weighted by Gasteiger charge is 2.12. The first-order chi connectivity index (χ1) is 8.90. The molecule has 2 N–H and O–H groups in total. The molecule has 0 aromatic heterocycles. The lowest BCUT2D eigenvalue weighted by molar-refractivity contribution is -0.109. The highest BCUT2D eigenvalue weighted by molar-refractivity contribution is 5.48. The van der Waals surface area contributed by atoms with Gasteiger partial charge in [-0.15, -0.1) is 0 Å². The van der Waals surface area contributed by atoms with Gasteiger partial charge in [-0.3, -0.25) is 4.79 Å². The van der Waals surface area contributed by atoms with Crippen molar-refractivity contribution in [1.29, 1.82) is 0 Å². The molecule has 0 atom stereocenters. The van der Waals surface area contributed by atoms with Gasteiger partial charge in [0.2, 0.25) is 13.2 Å². The van der Waals surface area contributed by atoms with Crippen molar-refractivity contribution in [1.82, 2.24) is 10.6 Å². The molecule has 0 spiro atoms. The first kappa shape index (κ1) is 12.7. The van der Waals surface area contributed by atoms with E-state index in [-0.39, 0.29) is 6.79 Å². The Kier molecular flexibility index (Phi) is 4.84. The van der Waals surface area contributed by atoms with Gasteiger partial charge in [0.15, 0.2) is 11.5 Å². The van der Waals surface area contributed by atoms with Crippen molar-refractivity contribution in [2.24, 2.45) is 0 Å². The minimum atomic E-state index is 0.278. The monoisotopic (exact) mass is 250 g/mol. The van der Waals surface area contributed by atoms with Crippen LogP contribution in [0.25, 0.3) is 0 Å². The van der Waals surface area contributed by atoms with Gasteiger partial charge in [0.05, 0.1) is 0 Å². The van der Waals surface area contributed by atoms with Gasteiger partial charge in [-0.2, -0.15) is 0 Å². The fourth-order valence-corrected chi connectivity index (χ4v) is 1.84. The quantitative estimate of drug-likeness (QED) is 0.787. The van der Waals surface area contributed by atoms with Crippen molar-refractivity contribution in [3.63, 3.8) is 0 Å². The van der Waals surface area contributed by atoms with E-state index in [1.165, 1.54) is 25.9 Å². The van der Waals surface area contributed by atoms with Crippen LogP contribution in [0, 0.1) is 0 Å². The van der Waals surface area contributed by atoms with E-state index in [2.05, 4.69) is 10.6 Å². The summed E-state index contributed by atoms with van der Waals surface area (Å²) in [6, 6.07) is 5.59. The van der Waals surface area contributed by atoms with E-state index in [1.54, 1.807) is 0 Å². The molecule has 1 fully saturated rings. The van der Waals surface area contributed by atoms with Crippen molar-refractivity contribution in [2.45, 2.75) is 19.4 Å². The second kappa shape index (κ2) is 6.86. The number of nitrogens with one attached hydrogen (secondary N) is 2. The molecule has 1 saturated heterocycles. The summed E-state index contributed by atoms with van der Waals surface area (Å²) >= 11 is 0. The molecular formula is C13H18N2O3. The Hall–Kier alpha value is -1.75. The zero-order valence-corrected chi connectivity index (χ0v) is 10.3. The second-order valence-electron chi connectivity index (χ2n) is 4.14. The highest BCUT2D eigenvalue weighted by atomic mass is 16.7. The molecule has 1 aromatic rings. The normalized spacial score (nSPS) is 15.8. The van der Waals surface area contributed by atoms with Crippen LogP contribution in [-0.2, 0) is 11.3 Å². The largest absolute Gasteiger partial charge is 0.454 e. The summed E-state index contributed by atoms with van der Waals surface area (Å²) in [5.74, 6) is 1.50. The third-order valence-electron chi connectivity index (χ3n) is 2.78. The predicted octanol–water partition coefficient (Wildman–Crippen LogP) is 1.03. The van der Waals surface area contributed by atoms with E-state index >= 15 is 0 Å². The molecule has 0 radical (unpaired) electrons. The molecule has 3 rings (SSSR count). The number of benzene rings is 1. The van der Waals surface area contributed by atoms with Crippen molar-refractivity contribution in [3.8, 4) is 11.5 Å². The third kappa shape index (κ3) is 3.63. The van der Waals surface area contributed by atoms with Gasteiger partial charge in [0.1, 0.15) is 0 Å². The Morgan fingerprint density at radius 3 is 2.67 bits per heavy atom. The zero-order chi connectivity index (χ0) is 12.6. The average molecular weight is 250 g/mol. The summed E-state index contributed by atoms with van der Waals surface area (Å²) in [5.41, 5.74) is 0.997. The molecule has 18 heavy (non-hydrogen) atoms. The third-order valence-corrected chi connectivity index (χ3v) is 2.78. The maximum Gasteiger partial charge on any atom is 0.231 e. The number of fused-ring (bicyclic) bond motifs is 1. The smallest absolute Gasteiger partial charge is 0.231 e. The first-order valence-electron chi connectivity index (χ1n) is 6.16. The van der Waals surface area contributed by atoms with Crippen LogP contribution in [0.2, 0.25) is 0 Å². The van der Waals surface area contributed by atoms with Gasteiger partial charge in [-0.1, -0.05) is 6.07 Å². The van der Waals surface area contributed by atoms with Crippen LogP contribution in [0.1, 0.15) is 18.4 Å². The van der Waals surface area contributed by atoms with E-state index in [0.717, 1.165) is 17.1 Å². The number of hydrogen-bond donors (Lipinski definition) is 2. The Balaban J connectivity index is 0.000000202. The molecule has 98 valence electrons. The number of hydrogen-bond acceptors (Lipinski definition) is 4. The molecule has 2 heterocycles. The van der Waals surface area contributed by atoms with Gasteiger partial charge in [-0.25, -0.2) is 0 Å². The number of carbonyl (C=O) groups excluding carboxylic acids is 1. The van der Waals surface area contributed by atoms with E-state index in [4.69, 9.17) is 9.47 Å². The van der Waals surface area contributed by atoms with Crippen LogP contribution in [-0.4, -0.2) is 26.3 Å². The molecule has 0 saturated carbocycles. The summed E-state index contributed by atoms with van der Waals surface area (Å²) in [6.07, 6.45) is 3.45. The van der Waals surface area contributed by atoms with Gasteiger partial charge in [0, 0.05) is 6.54 Å². The summed E-state index contributed by atoms with van der Waals surface area (Å²) in [6.45, 7) is 3.29. The van der Waals surface area contributed by atoms with Crippen molar-refractivity contribution in [3.05, 3.63) is 23.8 Å². The lowest BCUT2D eigenvalue weighted by atomic mass is 10.2. The van der Waals surface area contributed by atoms with E-state index < -0.39 is 0 Å². The summed E-state index contributed by atoms with van der Waals surface area (Å²) in [5, 5.41) is 5.80. The maximum atomic E-state index is 10.0. The molecule has 0 bridgehead atoms. The van der Waals surface area contributed by atoms with Crippen molar-refractivity contribution >= 4 is 6.41 Å². The molecule has 2 aliphatic heterocycles. The standard InChI is InChI=1S/C9H9NO3.C4H9N/c11-5-10-4-7-1-2-8-9(3-7)13-6-12-8;1-2-4-5-3-1/h1-3,5H,4,6H2,(H,10,11);5H,1-4H2. The number of amides is 1. The van der Waals surface area contributed by atoms with E-state index in [1.807, 2.05) is 18.2 Å². The van der Waals surface area contributed by atoms with E-state index in [0.29, 0.717) is 13.0 Å². The molecular weight excluding hydrogens is 232 g/mol. The predicted molar refractivity (Wildman–Crippen MR) is 67.6 cm³/mol. The van der Waals surface area contributed by atoms with Gasteiger partial charge in [-0.05, 0) is 43.6 Å². The number of carbonyl (C=O) groups is 1. The van der Waals surface area contributed by atoms with Gasteiger partial charge >= 0.3 is 0 Å². The van der Waals surface area contributed by atoms with Gasteiger partial charge in [0.25, 0.3) is 0 Å². The van der Waals surface area contributed by atoms with Crippen LogP contribution in [0.5, 0.6) is 11.5 Å². The Morgan fingerprint density at radius 1 is 1.22 bits per heavy atom. The van der Waals surface area contributed by atoms with Crippen LogP contribution in [0.3, 0.4) is 0 Å². The van der Waals surface area contributed by atoms with E-state index in [9.17, 15) is 4.79 Å². The number of ether oxygens (including phenoxy) is 2.